The Kier molecular flexibility index (Phi) is 1.92. The Bertz CT molecular complexity index is 777. The van der Waals surface area contributed by atoms with E-state index in [1.165, 1.54) is 17.0 Å². The second kappa shape index (κ2) is 5.50. The number of methoxy groups -OCH3 is 2. The van der Waals surface area contributed by atoms with E-state index in [0.717, 1.165) is 0 Å². The molecule has 1 aliphatic heterocycles. The highest BCUT2D eigenvalue weighted by Crippen LogP contribution is 2.49. The van der Waals surface area contributed by atoms with Crippen LogP contribution in [0.25, 0.3) is 0 Å². The van der Waals surface area contributed by atoms with E-state index in [1.54, 1.807) is 6.07 Å². The number of fused-ring (bicyclic) bond motifs is 1. The summed E-state index contributed by atoms with van der Waals surface area (Å²) in [5.41, 5.74) is 0.0159. The third kappa shape index (κ3) is 2.30. The summed E-state index contributed by atoms with van der Waals surface area (Å²) in [6.45, 7) is -2.03. The highest BCUT2D eigenvalue weighted by molar-refractivity contribution is 5.46. The standard InChI is InChI=1S/C17H25NO3/c1-18-9-8-17(7-6-13(19)11-16(17)18)12-4-5-14(20-2)15(10-12)21-3/h4-5,10,13,16,19H,6-9,11H2,1-3H3/t13-,16+,17+/m1/s1/i1D3,2D3,3D3. The van der Waals surface area contributed by atoms with Crippen LogP contribution in [0.3, 0.4) is 0 Å². The average molecular weight is 300 g/mol. The molecule has 1 aliphatic carbocycles. The maximum Gasteiger partial charge on any atom is 0.161 e. The van der Waals surface area contributed by atoms with Gasteiger partial charge in [-0.1, -0.05) is 6.07 Å². The summed E-state index contributed by atoms with van der Waals surface area (Å²) in [4.78, 5) is 1.41. The quantitative estimate of drug-likeness (QED) is 0.929. The number of aliphatic hydroxyl groups is 1. The minimum Gasteiger partial charge on any atom is -0.493 e. The summed E-state index contributed by atoms with van der Waals surface area (Å²) < 4.78 is 77.6. The van der Waals surface area contributed by atoms with Crippen molar-refractivity contribution in [3.05, 3.63) is 23.8 Å². The van der Waals surface area contributed by atoms with Crippen LogP contribution in [-0.4, -0.2) is 49.7 Å². The van der Waals surface area contributed by atoms with Crippen LogP contribution in [0.5, 0.6) is 11.5 Å². The lowest BCUT2D eigenvalue weighted by molar-refractivity contribution is 0.0566. The van der Waals surface area contributed by atoms with Crippen LogP contribution in [0.2, 0.25) is 0 Å². The Morgan fingerprint density at radius 3 is 2.95 bits per heavy atom. The minimum absolute atomic E-state index is 0.232. The molecule has 0 aromatic heterocycles. The molecule has 2 fully saturated rings. The summed E-state index contributed by atoms with van der Waals surface area (Å²) in [6.07, 6.45) is 1.16. The van der Waals surface area contributed by atoms with E-state index in [4.69, 9.17) is 21.8 Å². The van der Waals surface area contributed by atoms with Crippen molar-refractivity contribution in [1.29, 1.82) is 0 Å². The van der Waals surface area contributed by atoms with Gasteiger partial charge >= 0.3 is 0 Å². The van der Waals surface area contributed by atoms with E-state index >= 15 is 0 Å². The van der Waals surface area contributed by atoms with Crippen molar-refractivity contribution in [1.82, 2.24) is 4.90 Å². The summed E-state index contributed by atoms with van der Waals surface area (Å²) >= 11 is 0. The fraction of sp³-hybridized carbons (Fsp3) is 0.647. The van der Waals surface area contributed by atoms with Crippen LogP contribution < -0.4 is 9.47 Å². The molecule has 1 heterocycles. The third-order valence-corrected chi connectivity index (χ3v) is 4.97. The number of benzene rings is 1. The summed E-state index contributed by atoms with van der Waals surface area (Å²) in [5.74, 6) is -0.473. The number of hydrogen-bond acceptors (Lipinski definition) is 4. The van der Waals surface area contributed by atoms with Crippen LogP contribution in [0.4, 0.5) is 0 Å². The van der Waals surface area contributed by atoms with Gasteiger partial charge < -0.3 is 19.5 Å². The van der Waals surface area contributed by atoms with E-state index in [2.05, 4.69) is 0 Å². The highest BCUT2D eigenvalue weighted by atomic mass is 16.5. The van der Waals surface area contributed by atoms with Gasteiger partial charge in [0.25, 0.3) is 0 Å². The number of likely N-dealkylation sites (tertiary alicyclic amines) is 1. The zero-order valence-electron chi connectivity index (χ0n) is 20.6. The monoisotopic (exact) mass is 300 g/mol. The van der Waals surface area contributed by atoms with Gasteiger partial charge in [0.1, 0.15) is 0 Å². The molecule has 1 aromatic carbocycles. The largest absolute Gasteiger partial charge is 0.493 e. The molecule has 1 N–H and O–H groups in total. The van der Waals surface area contributed by atoms with E-state index in [0.29, 0.717) is 31.4 Å². The Labute approximate surface area is 139 Å². The van der Waals surface area contributed by atoms with Crippen LogP contribution in [0.1, 0.15) is 43.6 Å². The number of ether oxygens (including phenoxy) is 2. The highest BCUT2D eigenvalue weighted by Gasteiger charge is 2.50. The molecule has 21 heavy (non-hydrogen) atoms. The molecule has 1 saturated carbocycles. The van der Waals surface area contributed by atoms with Gasteiger partial charge in [-0.15, -0.1) is 0 Å². The minimum atomic E-state index is -2.83. The van der Waals surface area contributed by atoms with Crippen molar-refractivity contribution in [3.63, 3.8) is 0 Å². The maximum absolute atomic E-state index is 10.2. The second-order valence-electron chi connectivity index (χ2n) is 5.91. The Hall–Kier alpha value is -1.26. The molecular formula is C17H25NO3. The lowest BCUT2D eigenvalue weighted by atomic mass is 9.65. The molecule has 0 bridgehead atoms. The van der Waals surface area contributed by atoms with Crippen LogP contribution in [-0.2, 0) is 5.41 Å². The first-order valence-corrected chi connectivity index (χ1v) is 7.08. The molecule has 0 radical (unpaired) electrons. The van der Waals surface area contributed by atoms with Gasteiger partial charge in [-0.05, 0) is 56.9 Å². The molecule has 1 saturated heterocycles. The van der Waals surface area contributed by atoms with E-state index < -0.39 is 38.6 Å². The van der Waals surface area contributed by atoms with Gasteiger partial charge in [0, 0.05) is 15.6 Å². The lowest BCUT2D eigenvalue weighted by Gasteiger charge is -2.43. The third-order valence-electron chi connectivity index (χ3n) is 4.97. The van der Waals surface area contributed by atoms with Crippen LogP contribution in [0, 0.1) is 0 Å². The van der Waals surface area contributed by atoms with Crippen LogP contribution >= 0.6 is 0 Å². The molecule has 4 nitrogen and oxygen atoms in total. The molecule has 4 heteroatoms. The fourth-order valence-corrected chi connectivity index (χ4v) is 3.85. The van der Waals surface area contributed by atoms with Gasteiger partial charge in [-0.2, -0.15) is 0 Å². The molecule has 3 atom stereocenters. The first-order chi connectivity index (χ1) is 13.6. The molecule has 1 aromatic rings. The number of aliphatic hydroxyl groups excluding tert-OH is 1. The number of hydrogen-bond donors (Lipinski definition) is 1. The molecule has 0 unspecified atom stereocenters. The second-order valence-corrected chi connectivity index (χ2v) is 5.91. The van der Waals surface area contributed by atoms with Crippen molar-refractivity contribution in [3.8, 4) is 11.5 Å². The van der Waals surface area contributed by atoms with Crippen molar-refractivity contribution in [2.24, 2.45) is 0 Å². The summed E-state index contributed by atoms with van der Waals surface area (Å²) in [7, 11) is -5.62. The smallest absolute Gasteiger partial charge is 0.161 e. The first-order valence-electron chi connectivity index (χ1n) is 11.6. The normalized spacial score (nSPS) is 40.9. The lowest BCUT2D eigenvalue weighted by Crippen LogP contribution is -2.47. The molecular weight excluding hydrogens is 266 g/mol. The van der Waals surface area contributed by atoms with Gasteiger partial charge in [0.2, 0.25) is 0 Å². The topological polar surface area (TPSA) is 41.9 Å². The van der Waals surface area contributed by atoms with E-state index in [9.17, 15) is 5.11 Å². The van der Waals surface area contributed by atoms with Crippen molar-refractivity contribution < 1.29 is 26.9 Å². The van der Waals surface area contributed by atoms with Crippen molar-refractivity contribution >= 4 is 0 Å². The zero-order valence-corrected chi connectivity index (χ0v) is 11.6. The molecule has 3 rings (SSSR count). The Balaban J connectivity index is 2.05. The zero-order chi connectivity index (χ0) is 22.5. The Morgan fingerprint density at radius 2 is 2.14 bits per heavy atom. The van der Waals surface area contributed by atoms with Gasteiger partial charge in [0.15, 0.2) is 11.5 Å². The van der Waals surface area contributed by atoms with Crippen LogP contribution in [0.15, 0.2) is 18.2 Å². The SMILES string of the molecule is [2H]C([2H])([2H])Oc1ccc([C@@]23CC[C@@H](O)C[C@@H]2N(C([2H])([2H])[2H])CC3)cc1OC([2H])([2H])[2H]. The predicted octanol–water partition coefficient (Wildman–Crippen LogP) is 2.19. The predicted molar refractivity (Wildman–Crippen MR) is 82.1 cm³/mol. The number of nitrogens with zero attached hydrogens (tertiary/aromatic N) is 1. The fourth-order valence-electron chi connectivity index (χ4n) is 3.85. The molecule has 116 valence electrons. The van der Waals surface area contributed by atoms with E-state index in [1.807, 2.05) is 0 Å². The number of rotatable bonds is 3. The van der Waals surface area contributed by atoms with Gasteiger partial charge in [-0.3, -0.25) is 0 Å². The van der Waals surface area contributed by atoms with Crippen molar-refractivity contribution in [2.75, 3.05) is 27.6 Å². The number of likely N-dealkylation sites (N-methyl/N-ethyl adjacent to an activating group) is 1. The van der Waals surface area contributed by atoms with Crippen molar-refractivity contribution in [2.45, 2.75) is 43.2 Å². The maximum atomic E-state index is 10.2. The molecule has 0 spiro atoms. The van der Waals surface area contributed by atoms with Gasteiger partial charge in [0.05, 0.1) is 28.4 Å². The average Bonchev–Trinajstić information content (AvgIpc) is 2.94. The first kappa shape index (κ1) is 7.34. The summed E-state index contributed by atoms with van der Waals surface area (Å²) in [5, 5.41) is 10.2. The summed E-state index contributed by atoms with van der Waals surface area (Å²) in [6, 6.07) is 3.93. The molecule has 2 aliphatic rings. The Morgan fingerprint density at radius 1 is 1.29 bits per heavy atom. The van der Waals surface area contributed by atoms with Gasteiger partial charge in [-0.25, -0.2) is 0 Å². The molecule has 0 amide bonds. The van der Waals surface area contributed by atoms with E-state index in [-0.39, 0.29) is 17.9 Å².